The van der Waals surface area contributed by atoms with E-state index in [1.807, 2.05) is 13.0 Å². The van der Waals surface area contributed by atoms with Crippen molar-refractivity contribution < 1.29 is 19.1 Å². The van der Waals surface area contributed by atoms with Crippen molar-refractivity contribution in [3.05, 3.63) is 52.5 Å². The molecule has 1 saturated heterocycles. The molecule has 1 aliphatic rings. The van der Waals surface area contributed by atoms with Crippen molar-refractivity contribution >= 4 is 22.7 Å². The van der Waals surface area contributed by atoms with E-state index >= 15 is 0 Å². The van der Waals surface area contributed by atoms with Crippen LogP contribution >= 0.6 is 0 Å². The van der Waals surface area contributed by atoms with Crippen LogP contribution in [0.15, 0.2) is 24.4 Å². The third kappa shape index (κ3) is 4.17. The van der Waals surface area contributed by atoms with Gasteiger partial charge in [0.15, 0.2) is 5.78 Å². The van der Waals surface area contributed by atoms with E-state index in [1.165, 1.54) is 10.9 Å². The number of hydrogen-bond acceptors (Lipinski definition) is 5. The first-order valence-electron chi connectivity index (χ1n) is 11.2. The number of nitrogens with one attached hydrogen (secondary N) is 2. The zero-order valence-electron chi connectivity index (χ0n) is 19.2. The fourth-order valence-electron chi connectivity index (χ4n) is 4.85. The Morgan fingerprint density at radius 3 is 2.62 bits per heavy atom. The summed E-state index contributed by atoms with van der Waals surface area (Å²) in [5.74, 6) is 0.944. The van der Waals surface area contributed by atoms with Crippen LogP contribution in [0.5, 0.6) is 5.75 Å². The lowest BCUT2D eigenvalue weighted by Gasteiger charge is -2.31. The Labute approximate surface area is 188 Å². The lowest BCUT2D eigenvalue weighted by atomic mass is 9.89. The maximum atomic E-state index is 13.1. The average Bonchev–Trinajstić information content (AvgIpc) is 3.34. The molecule has 0 unspecified atom stereocenters. The number of aromatic amines is 2. The van der Waals surface area contributed by atoms with Crippen LogP contribution in [0.4, 0.5) is 0 Å². The molecular weight excluding hydrogens is 406 g/mol. The summed E-state index contributed by atoms with van der Waals surface area (Å²) in [7, 11) is 1.69. The number of Topliss-reactive ketones (excluding diaryl/α,β-unsaturated/α-hetero) is 1. The van der Waals surface area contributed by atoms with Crippen molar-refractivity contribution in [2.75, 3.05) is 33.4 Å². The van der Waals surface area contributed by atoms with Crippen LogP contribution in [-0.4, -0.2) is 60.0 Å². The van der Waals surface area contributed by atoms with E-state index in [1.54, 1.807) is 21.0 Å². The molecule has 1 aliphatic heterocycles. The van der Waals surface area contributed by atoms with Crippen molar-refractivity contribution in [1.82, 2.24) is 14.9 Å². The molecule has 3 aromatic rings. The number of methoxy groups -OCH3 is 1. The molecule has 7 heteroatoms. The fraction of sp³-hybridized carbons (Fsp3) is 0.440. The molecule has 32 heavy (non-hydrogen) atoms. The third-order valence-electron chi connectivity index (χ3n) is 6.51. The van der Waals surface area contributed by atoms with E-state index < -0.39 is 5.97 Å². The minimum atomic E-state index is -0.414. The van der Waals surface area contributed by atoms with Gasteiger partial charge in [-0.15, -0.1) is 0 Å². The van der Waals surface area contributed by atoms with Crippen molar-refractivity contribution in [3.8, 4) is 5.75 Å². The van der Waals surface area contributed by atoms with Gasteiger partial charge in [-0.2, -0.15) is 0 Å². The first kappa shape index (κ1) is 22.1. The monoisotopic (exact) mass is 437 g/mol. The van der Waals surface area contributed by atoms with Crippen molar-refractivity contribution in [2.45, 2.75) is 39.5 Å². The number of carbonyl (C=O) groups is 2. The van der Waals surface area contributed by atoms with Gasteiger partial charge in [0.25, 0.3) is 0 Å². The molecule has 0 atom stereocenters. The summed E-state index contributed by atoms with van der Waals surface area (Å²) in [4.78, 5) is 33.8. The van der Waals surface area contributed by atoms with Gasteiger partial charge in [0.1, 0.15) is 11.4 Å². The topological polar surface area (TPSA) is 87.4 Å². The van der Waals surface area contributed by atoms with Gasteiger partial charge in [0, 0.05) is 28.4 Å². The van der Waals surface area contributed by atoms with Gasteiger partial charge in [0.2, 0.25) is 0 Å². The van der Waals surface area contributed by atoms with E-state index in [9.17, 15) is 9.59 Å². The number of esters is 1. The molecule has 7 nitrogen and oxygen atoms in total. The number of likely N-dealkylation sites (tertiary alicyclic amines) is 1. The quantitative estimate of drug-likeness (QED) is 0.424. The molecule has 0 spiro atoms. The summed E-state index contributed by atoms with van der Waals surface area (Å²) >= 11 is 0. The van der Waals surface area contributed by atoms with Crippen molar-refractivity contribution in [1.29, 1.82) is 0 Å². The number of carbonyl (C=O) groups excluding carboxylic acids is 2. The van der Waals surface area contributed by atoms with E-state index in [2.05, 4.69) is 33.2 Å². The van der Waals surface area contributed by atoms with E-state index in [0.29, 0.717) is 35.9 Å². The Hall–Kier alpha value is -3.06. The second-order valence-corrected chi connectivity index (χ2v) is 8.47. The summed E-state index contributed by atoms with van der Waals surface area (Å²) in [6.07, 6.45) is 4.10. The van der Waals surface area contributed by atoms with Crippen LogP contribution in [0, 0.1) is 13.8 Å². The summed E-state index contributed by atoms with van der Waals surface area (Å²) in [6, 6.07) is 6.11. The lowest BCUT2D eigenvalue weighted by molar-refractivity contribution is 0.0519. The van der Waals surface area contributed by atoms with E-state index in [-0.39, 0.29) is 5.78 Å². The van der Waals surface area contributed by atoms with Crippen LogP contribution in [0.2, 0.25) is 0 Å². The number of fused-ring (bicyclic) bond motifs is 1. The number of ketones is 1. The summed E-state index contributed by atoms with van der Waals surface area (Å²) in [5.41, 5.74) is 4.82. The van der Waals surface area contributed by atoms with Gasteiger partial charge in [-0.1, -0.05) is 0 Å². The van der Waals surface area contributed by atoms with Gasteiger partial charge < -0.3 is 19.4 Å². The number of rotatable bonds is 7. The molecular formula is C25H31N3O4. The fourth-order valence-corrected chi connectivity index (χ4v) is 4.85. The van der Waals surface area contributed by atoms with Crippen LogP contribution in [-0.2, 0) is 4.74 Å². The number of hydrogen-bond donors (Lipinski definition) is 2. The Morgan fingerprint density at radius 2 is 1.94 bits per heavy atom. The largest absolute Gasteiger partial charge is 0.497 e. The number of aromatic nitrogens is 2. The smallest absolute Gasteiger partial charge is 0.355 e. The predicted octanol–water partition coefficient (Wildman–Crippen LogP) is 4.36. The van der Waals surface area contributed by atoms with E-state index in [4.69, 9.17) is 9.47 Å². The maximum absolute atomic E-state index is 13.1. The standard InChI is InChI=1S/C25H31N3O4/c1-5-32-25(30)24-15(2)23(16(3)27-24)22(29)14-28-10-8-17(9-11-28)20-13-26-21-7-6-18(31-4)12-19(20)21/h6-7,12-13,17,26-27H,5,8-11,14H2,1-4H3. The van der Waals surface area contributed by atoms with Crippen LogP contribution < -0.4 is 4.74 Å². The Morgan fingerprint density at radius 1 is 1.19 bits per heavy atom. The van der Waals surface area contributed by atoms with Gasteiger partial charge >= 0.3 is 5.97 Å². The zero-order chi connectivity index (χ0) is 22.8. The van der Waals surface area contributed by atoms with Crippen molar-refractivity contribution in [3.63, 3.8) is 0 Å². The number of piperidine rings is 1. The summed E-state index contributed by atoms with van der Waals surface area (Å²) in [5, 5.41) is 1.21. The Kier molecular flexibility index (Phi) is 6.37. The molecule has 0 aliphatic carbocycles. The minimum absolute atomic E-state index is 0.0436. The second kappa shape index (κ2) is 9.20. The molecule has 2 aromatic heterocycles. The van der Waals surface area contributed by atoms with Crippen LogP contribution in [0.3, 0.4) is 0 Å². The second-order valence-electron chi connectivity index (χ2n) is 8.47. The number of ether oxygens (including phenoxy) is 2. The highest BCUT2D eigenvalue weighted by atomic mass is 16.5. The molecule has 170 valence electrons. The van der Waals surface area contributed by atoms with Crippen LogP contribution in [0.25, 0.3) is 10.9 Å². The molecule has 0 saturated carbocycles. The highest BCUT2D eigenvalue weighted by Gasteiger charge is 2.27. The number of benzene rings is 1. The highest BCUT2D eigenvalue weighted by molar-refractivity contribution is 6.03. The zero-order valence-corrected chi connectivity index (χ0v) is 19.2. The molecule has 4 rings (SSSR count). The molecule has 0 bridgehead atoms. The first-order chi connectivity index (χ1) is 15.4. The van der Waals surface area contributed by atoms with Crippen LogP contribution in [0.1, 0.15) is 63.4 Å². The Bertz CT molecular complexity index is 1140. The number of aryl methyl sites for hydroxylation is 1. The predicted molar refractivity (Wildman–Crippen MR) is 124 cm³/mol. The highest BCUT2D eigenvalue weighted by Crippen LogP contribution is 2.34. The average molecular weight is 438 g/mol. The first-order valence-corrected chi connectivity index (χ1v) is 11.2. The van der Waals surface area contributed by atoms with Gasteiger partial charge in [0.05, 0.1) is 20.3 Å². The minimum Gasteiger partial charge on any atom is -0.497 e. The molecule has 1 fully saturated rings. The summed E-state index contributed by atoms with van der Waals surface area (Å²) in [6.45, 7) is 7.79. The number of H-pyrrole nitrogens is 2. The van der Waals surface area contributed by atoms with Gasteiger partial charge in [-0.3, -0.25) is 9.69 Å². The normalized spacial score (nSPS) is 15.2. The lowest BCUT2D eigenvalue weighted by Crippen LogP contribution is -2.37. The SMILES string of the molecule is CCOC(=O)c1[nH]c(C)c(C(=O)CN2CCC(c3c[nH]c4ccc(OC)cc34)CC2)c1C. The van der Waals surface area contributed by atoms with Gasteiger partial charge in [-0.05, 0) is 81.9 Å². The molecule has 2 N–H and O–H groups in total. The molecule has 3 heterocycles. The molecule has 0 amide bonds. The molecule has 0 radical (unpaired) electrons. The van der Waals surface area contributed by atoms with E-state index in [0.717, 1.165) is 42.9 Å². The Balaban J connectivity index is 1.42. The maximum Gasteiger partial charge on any atom is 0.355 e. The third-order valence-corrected chi connectivity index (χ3v) is 6.51. The summed E-state index contributed by atoms with van der Waals surface area (Å²) < 4.78 is 10.5. The van der Waals surface area contributed by atoms with Crippen molar-refractivity contribution in [2.24, 2.45) is 0 Å². The number of nitrogens with zero attached hydrogens (tertiary/aromatic N) is 1. The van der Waals surface area contributed by atoms with Gasteiger partial charge in [-0.25, -0.2) is 4.79 Å². The molecule has 1 aromatic carbocycles.